The average Bonchev–Trinajstić information content (AvgIpc) is 2.65. The zero-order valence-corrected chi connectivity index (χ0v) is 14.9. The lowest BCUT2D eigenvalue weighted by atomic mass is 10.1. The molecule has 0 aliphatic heterocycles. The molecule has 0 unspecified atom stereocenters. The van der Waals surface area contributed by atoms with Crippen molar-refractivity contribution in [2.24, 2.45) is 0 Å². The second-order valence-corrected chi connectivity index (χ2v) is 5.53. The molecule has 2 rings (SSSR count). The summed E-state index contributed by atoms with van der Waals surface area (Å²) in [6.45, 7) is 1.08. The van der Waals surface area contributed by atoms with E-state index in [1.807, 2.05) is 6.92 Å². The first-order valence-corrected chi connectivity index (χ1v) is 8.20. The van der Waals surface area contributed by atoms with E-state index in [0.717, 1.165) is 0 Å². The van der Waals surface area contributed by atoms with Gasteiger partial charge in [-0.3, -0.25) is 4.79 Å². The molecule has 146 valence electrons. The molecular weight excluding hydrogens is 363 g/mol. The van der Waals surface area contributed by atoms with Crippen molar-refractivity contribution in [2.75, 3.05) is 20.3 Å². The normalized spacial score (nSPS) is 11.0. The van der Waals surface area contributed by atoms with E-state index in [1.165, 1.54) is 19.2 Å². The molecule has 0 atom stereocenters. The molecule has 0 saturated heterocycles. The third-order valence-electron chi connectivity index (χ3n) is 3.48. The van der Waals surface area contributed by atoms with Gasteiger partial charge in [-0.05, 0) is 42.8 Å². The van der Waals surface area contributed by atoms with Crippen molar-refractivity contribution in [3.05, 3.63) is 53.6 Å². The number of nitrogens with one attached hydrogen (secondary N) is 1. The van der Waals surface area contributed by atoms with Gasteiger partial charge in [-0.1, -0.05) is 12.1 Å². The van der Waals surface area contributed by atoms with Gasteiger partial charge in [-0.15, -0.1) is 0 Å². The second kappa shape index (κ2) is 9.16. The number of halogens is 3. The van der Waals surface area contributed by atoms with Crippen molar-refractivity contribution in [3.8, 4) is 17.2 Å². The molecule has 0 aliphatic rings. The van der Waals surface area contributed by atoms with Crippen molar-refractivity contribution >= 4 is 5.91 Å². The molecule has 0 spiro atoms. The number of rotatable bonds is 8. The van der Waals surface area contributed by atoms with Crippen LogP contribution in [0.15, 0.2) is 42.5 Å². The maximum atomic E-state index is 12.3. The largest absolute Gasteiger partial charge is 0.493 e. The lowest BCUT2D eigenvalue weighted by Gasteiger charge is -2.12. The van der Waals surface area contributed by atoms with E-state index in [0.29, 0.717) is 29.2 Å². The summed E-state index contributed by atoms with van der Waals surface area (Å²) < 4.78 is 52.0. The molecule has 2 aromatic carbocycles. The van der Waals surface area contributed by atoms with Gasteiger partial charge in [0.05, 0.1) is 13.7 Å². The SMILES string of the molecule is CCOc1ccc(C(=O)NCc2cccc(OCC(F)(F)F)c2)cc1OC. The summed E-state index contributed by atoms with van der Waals surface area (Å²) in [5, 5.41) is 2.70. The molecule has 2 aromatic rings. The zero-order valence-electron chi connectivity index (χ0n) is 14.9. The minimum absolute atomic E-state index is 0.0850. The Morgan fingerprint density at radius 2 is 1.85 bits per heavy atom. The molecule has 27 heavy (non-hydrogen) atoms. The van der Waals surface area contributed by atoms with E-state index in [9.17, 15) is 18.0 Å². The number of amides is 1. The van der Waals surface area contributed by atoms with Crippen LogP contribution in [0, 0.1) is 0 Å². The van der Waals surface area contributed by atoms with Gasteiger partial charge in [-0.25, -0.2) is 0 Å². The van der Waals surface area contributed by atoms with Crippen LogP contribution in [0.2, 0.25) is 0 Å². The number of hydrogen-bond donors (Lipinski definition) is 1. The number of carbonyl (C=O) groups excluding carboxylic acids is 1. The maximum absolute atomic E-state index is 12.3. The van der Waals surface area contributed by atoms with Crippen molar-refractivity contribution in [1.82, 2.24) is 5.32 Å². The first kappa shape index (κ1) is 20.4. The predicted molar refractivity (Wildman–Crippen MR) is 93.3 cm³/mol. The van der Waals surface area contributed by atoms with Crippen LogP contribution in [0.4, 0.5) is 13.2 Å². The minimum atomic E-state index is -4.41. The van der Waals surface area contributed by atoms with E-state index in [1.54, 1.807) is 30.3 Å². The number of carbonyl (C=O) groups is 1. The quantitative estimate of drug-likeness (QED) is 0.750. The Kier molecular flexibility index (Phi) is 6.92. The predicted octanol–water partition coefficient (Wildman–Crippen LogP) is 3.97. The number of alkyl halides is 3. The van der Waals surface area contributed by atoms with Gasteiger partial charge in [0.15, 0.2) is 18.1 Å². The van der Waals surface area contributed by atoms with Gasteiger partial charge in [0.25, 0.3) is 5.91 Å². The lowest BCUT2D eigenvalue weighted by Crippen LogP contribution is -2.23. The fraction of sp³-hybridized carbons (Fsp3) is 0.316. The molecule has 0 saturated carbocycles. The molecule has 5 nitrogen and oxygen atoms in total. The van der Waals surface area contributed by atoms with Crippen molar-refractivity contribution < 1.29 is 32.2 Å². The third-order valence-corrected chi connectivity index (χ3v) is 3.48. The van der Waals surface area contributed by atoms with Gasteiger partial charge < -0.3 is 19.5 Å². The summed E-state index contributed by atoms with van der Waals surface area (Å²) in [5.41, 5.74) is 0.987. The summed E-state index contributed by atoms with van der Waals surface area (Å²) >= 11 is 0. The van der Waals surface area contributed by atoms with Crippen molar-refractivity contribution in [3.63, 3.8) is 0 Å². The maximum Gasteiger partial charge on any atom is 0.422 e. The highest BCUT2D eigenvalue weighted by Crippen LogP contribution is 2.28. The van der Waals surface area contributed by atoms with E-state index >= 15 is 0 Å². The van der Waals surface area contributed by atoms with Gasteiger partial charge in [0.2, 0.25) is 0 Å². The van der Waals surface area contributed by atoms with Gasteiger partial charge >= 0.3 is 6.18 Å². The highest BCUT2D eigenvalue weighted by Gasteiger charge is 2.28. The third kappa shape index (κ3) is 6.40. The summed E-state index contributed by atoms with van der Waals surface area (Å²) in [4.78, 5) is 12.3. The Balaban J connectivity index is 1.99. The summed E-state index contributed by atoms with van der Waals surface area (Å²) in [6.07, 6.45) is -4.41. The van der Waals surface area contributed by atoms with E-state index in [2.05, 4.69) is 5.32 Å². The number of ether oxygens (including phenoxy) is 3. The standard InChI is InChI=1S/C19H20F3NO4/c1-3-26-16-8-7-14(10-17(16)25-2)18(24)23-11-13-5-4-6-15(9-13)27-12-19(20,21)22/h4-10H,3,11-12H2,1-2H3,(H,23,24). The molecule has 8 heteroatoms. The van der Waals surface area contributed by atoms with E-state index < -0.39 is 12.8 Å². The Hall–Kier alpha value is -2.90. The molecule has 0 heterocycles. The molecule has 1 N–H and O–H groups in total. The monoisotopic (exact) mass is 383 g/mol. The molecule has 0 bridgehead atoms. The second-order valence-electron chi connectivity index (χ2n) is 5.53. The summed E-state index contributed by atoms with van der Waals surface area (Å²) in [7, 11) is 1.48. The first-order chi connectivity index (χ1) is 12.8. The lowest BCUT2D eigenvalue weighted by molar-refractivity contribution is -0.153. The Morgan fingerprint density at radius 1 is 1.07 bits per heavy atom. The molecule has 0 fully saturated rings. The highest BCUT2D eigenvalue weighted by atomic mass is 19.4. The van der Waals surface area contributed by atoms with Crippen LogP contribution in [0.1, 0.15) is 22.8 Å². The van der Waals surface area contributed by atoms with E-state index in [-0.39, 0.29) is 18.2 Å². The van der Waals surface area contributed by atoms with Crippen molar-refractivity contribution in [1.29, 1.82) is 0 Å². The number of hydrogen-bond acceptors (Lipinski definition) is 4. The van der Waals surface area contributed by atoms with Crippen molar-refractivity contribution in [2.45, 2.75) is 19.6 Å². The molecule has 0 aromatic heterocycles. The smallest absolute Gasteiger partial charge is 0.422 e. The average molecular weight is 383 g/mol. The fourth-order valence-electron chi connectivity index (χ4n) is 2.28. The molecule has 0 aliphatic carbocycles. The first-order valence-electron chi connectivity index (χ1n) is 8.20. The van der Waals surface area contributed by atoms with Crippen LogP contribution >= 0.6 is 0 Å². The molecule has 0 radical (unpaired) electrons. The Labute approximate surface area is 155 Å². The van der Waals surface area contributed by atoms with Crippen LogP contribution < -0.4 is 19.5 Å². The molecule has 1 amide bonds. The van der Waals surface area contributed by atoms with Crippen LogP contribution in [0.25, 0.3) is 0 Å². The summed E-state index contributed by atoms with van der Waals surface area (Å²) in [6, 6.07) is 10.9. The van der Waals surface area contributed by atoms with Crippen LogP contribution in [0.5, 0.6) is 17.2 Å². The van der Waals surface area contributed by atoms with Gasteiger partial charge in [-0.2, -0.15) is 13.2 Å². The Bertz CT molecular complexity index is 778. The molecular formula is C19H20F3NO4. The van der Waals surface area contributed by atoms with Crippen LogP contribution in [-0.4, -0.2) is 32.4 Å². The van der Waals surface area contributed by atoms with Gasteiger partial charge in [0.1, 0.15) is 5.75 Å². The fourth-order valence-corrected chi connectivity index (χ4v) is 2.28. The zero-order chi connectivity index (χ0) is 19.9. The highest BCUT2D eigenvalue weighted by molar-refractivity contribution is 5.94. The van der Waals surface area contributed by atoms with Crippen LogP contribution in [-0.2, 0) is 6.54 Å². The van der Waals surface area contributed by atoms with Gasteiger partial charge in [0, 0.05) is 12.1 Å². The van der Waals surface area contributed by atoms with Crippen LogP contribution in [0.3, 0.4) is 0 Å². The Morgan fingerprint density at radius 3 is 2.52 bits per heavy atom. The number of methoxy groups -OCH3 is 1. The minimum Gasteiger partial charge on any atom is -0.493 e. The summed E-state index contributed by atoms with van der Waals surface area (Å²) in [5.74, 6) is 0.706. The number of benzene rings is 2. The topological polar surface area (TPSA) is 56.8 Å². The van der Waals surface area contributed by atoms with E-state index in [4.69, 9.17) is 14.2 Å².